The minimum absolute atomic E-state index is 0.0595. The molecule has 0 aromatic carbocycles. The summed E-state index contributed by atoms with van der Waals surface area (Å²) in [6, 6.07) is 1.78. The van der Waals surface area contributed by atoms with E-state index in [0.717, 1.165) is 11.1 Å². The molecule has 0 aliphatic carbocycles. The van der Waals surface area contributed by atoms with Crippen molar-refractivity contribution in [1.29, 1.82) is 0 Å². The zero-order valence-corrected chi connectivity index (χ0v) is 10.0. The highest BCUT2D eigenvalue weighted by Crippen LogP contribution is 2.07. The highest BCUT2D eigenvalue weighted by Gasteiger charge is 2.15. The Kier molecular flexibility index (Phi) is 3.21. The van der Waals surface area contributed by atoms with Gasteiger partial charge in [-0.1, -0.05) is 0 Å². The molecule has 2 aromatic heterocycles. The van der Waals surface area contributed by atoms with Gasteiger partial charge in [-0.15, -0.1) is 0 Å². The number of nitrogens with one attached hydrogen (secondary N) is 2. The monoisotopic (exact) mass is 252 g/mol. The lowest BCUT2D eigenvalue weighted by molar-refractivity contribution is 0.578. The fourth-order valence-corrected chi connectivity index (χ4v) is 2.25. The summed E-state index contributed by atoms with van der Waals surface area (Å²) in [6.07, 6.45) is 5.92. The van der Waals surface area contributed by atoms with E-state index in [-0.39, 0.29) is 11.6 Å². The SMILES string of the molecule is Cc1cnccc1CNS(=O)(=O)c1cnc[nH]1. The van der Waals surface area contributed by atoms with E-state index < -0.39 is 10.0 Å². The van der Waals surface area contributed by atoms with Gasteiger partial charge >= 0.3 is 0 Å². The number of aryl methyl sites for hydroxylation is 1. The van der Waals surface area contributed by atoms with Crippen LogP contribution in [0.15, 0.2) is 36.0 Å². The van der Waals surface area contributed by atoms with E-state index in [9.17, 15) is 8.42 Å². The fraction of sp³-hybridized carbons (Fsp3) is 0.200. The van der Waals surface area contributed by atoms with E-state index in [1.54, 1.807) is 18.5 Å². The molecule has 0 atom stereocenters. The molecule has 6 nitrogen and oxygen atoms in total. The summed E-state index contributed by atoms with van der Waals surface area (Å²) in [5.74, 6) is 0. The van der Waals surface area contributed by atoms with Gasteiger partial charge in [-0.3, -0.25) is 4.98 Å². The van der Waals surface area contributed by atoms with Gasteiger partial charge < -0.3 is 4.98 Å². The van der Waals surface area contributed by atoms with Crippen molar-refractivity contribution >= 4 is 10.0 Å². The molecule has 17 heavy (non-hydrogen) atoms. The Morgan fingerprint density at radius 1 is 1.35 bits per heavy atom. The molecule has 2 heterocycles. The smallest absolute Gasteiger partial charge is 0.257 e. The molecule has 2 rings (SSSR count). The summed E-state index contributed by atoms with van der Waals surface area (Å²) < 4.78 is 26.1. The van der Waals surface area contributed by atoms with E-state index in [0.29, 0.717) is 0 Å². The van der Waals surface area contributed by atoms with Crippen molar-refractivity contribution in [2.45, 2.75) is 18.5 Å². The lowest BCUT2D eigenvalue weighted by Gasteiger charge is -2.06. The summed E-state index contributed by atoms with van der Waals surface area (Å²) in [4.78, 5) is 10.2. The number of hydrogen-bond donors (Lipinski definition) is 2. The molecule has 0 radical (unpaired) electrons. The van der Waals surface area contributed by atoms with Crippen LogP contribution in [-0.2, 0) is 16.6 Å². The fourth-order valence-electron chi connectivity index (χ4n) is 1.34. The molecular formula is C10H12N4O2S. The topological polar surface area (TPSA) is 87.7 Å². The van der Waals surface area contributed by atoms with E-state index in [1.807, 2.05) is 6.92 Å². The van der Waals surface area contributed by atoms with Gasteiger partial charge in [-0.25, -0.2) is 18.1 Å². The van der Waals surface area contributed by atoms with Gasteiger partial charge in [0.15, 0.2) is 5.03 Å². The van der Waals surface area contributed by atoms with Crippen LogP contribution in [0.5, 0.6) is 0 Å². The Hall–Kier alpha value is -1.73. The first-order valence-electron chi connectivity index (χ1n) is 4.97. The highest BCUT2D eigenvalue weighted by atomic mass is 32.2. The maximum atomic E-state index is 11.8. The molecular weight excluding hydrogens is 240 g/mol. The molecule has 0 aliphatic heterocycles. The van der Waals surface area contributed by atoms with Crippen molar-refractivity contribution in [3.05, 3.63) is 42.1 Å². The number of aromatic amines is 1. The average Bonchev–Trinajstić information content (AvgIpc) is 2.82. The van der Waals surface area contributed by atoms with Crippen molar-refractivity contribution in [3.8, 4) is 0 Å². The van der Waals surface area contributed by atoms with Gasteiger partial charge in [0.05, 0.1) is 12.5 Å². The minimum atomic E-state index is -3.52. The first kappa shape index (κ1) is 11.7. The Morgan fingerprint density at radius 3 is 2.82 bits per heavy atom. The third kappa shape index (κ3) is 2.69. The first-order valence-corrected chi connectivity index (χ1v) is 6.45. The number of rotatable bonds is 4. The predicted octanol–water partition coefficient (Wildman–Crippen LogP) is 0.592. The molecule has 0 fully saturated rings. The van der Waals surface area contributed by atoms with E-state index >= 15 is 0 Å². The Bertz CT molecular complexity index is 593. The predicted molar refractivity (Wildman–Crippen MR) is 61.6 cm³/mol. The van der Waals surface area contributed by atoms with Crippen LogP contribution in [-0.4, -0.2) is 23.4 Å². The van der Waals surface area contributed by atoms with Crippen LogP contribution < -0.4 is 4.72 Å². The number of H-pyrrole nitrogens is 1. The van der Waals surface area contributed by atoms with Crippen molar-refractivity contribution in [2.24, 2.45) is 0 Å². The summed E-state index contributed by atoms with van der Waals surface area (Å²) in [6.45, 7) is 2.11. The van der Waals surface area contributed by atoms with Crippen LogP contribution in [0, 0.1) is 6.92 Å². The molecule has 0 spiro atoms. The lowest BCUT2D eigenvalue weighted by atomic mass is 10.2. The third-order valence-corrected chi connectivity index (χ3v) is 3.68. The van der Waals surface area contributed by atoms with Crippen LogP contribution >= 0.6 is 0 Å². The standard InChI is InChI=1S/C10H12N4O2S/c1-8-4-11-3-2-9(8)5-14-17(15,16)10-6-12-7-13-10/h2-4,6-7,14H,5H2,1H3,(H,12,13). The quantitative estimate of drug-likeness (QED) is 0.833. The number of sulfonamides is 1. The van der Waals surface area contributed by atoms with Gasteiger partial charge in [0.2, 0.25) is 0 Å². The van der Waals surface area contributed by atoms with Gasteiger partial charge in [0, 0.05) is 18.9 Å². The maximum absolute atomic E-state index is 11.8. The van der Waals surface area contributed by atoms with E-state index in [2.05, 4.69) is 19.7 Å². The van der Waals surface area contributed by atoms with Gasteiger partial charge in [0.1, 0.15) is 0 Å². The van der Waals surface area contributed by atoms with Crippen molar-refractivity contribution in [3.63, 3.8) is 0 Å². The lowest BCUT2D eigenvalue weighted by Crippen LogP contribution is -2.23. The van der Waals surface area contributed by atoms with Crippen molar-refractivity contribution < 1.29 is 8.42 Å². The molecule has 0 saturated heterocycles. The third-order valence-electron chi connectivity index (χ3n) is 2.35. The zero-order valence-electron chi connectivity index (χ0n) is 9.21. The second kappa shape index (κ2) is 4.64. The summed E-state index contributed by atoms with van der Waals surface area (Å²) in [7, 11) is -3.52. The number of pyridine rings is 1. The summed E-state index contributed by atoms with van der Waals surface area (Å²) >= 11 is 0. The molecule has 2 N–H and O–H groups in total. The van der Waals surface area contributed by atoms with Crippen LogP contribution in [0.4, 0.5) is 0 Å². The molecule has 0 unspecified atom stereocenters. The second-order valence-corrected chi connectivity index (χ2v) is 5.28. The van der Waals surface area contributed by atoms with Crippen LogP contribution in [0.3, 0.4) is 0 Å². The molecule has 0 amide bonds. The molecule has 0 saturated carbocycles. The van der Waals surface area contributed by atoms with Crippen molar-refractivity contribution in [1.82, 2.24) is 19.7 Å². The van der Waals surface area contributed by atoms with Gasteiger partial charge in [0.25, 0.3) is 10.0 Å². The van der Waals surface area contributed by atoms with E-state index in [4.69, 9.17) is 0 Å². The summed E-state index contributed by atoms with van der Waals surface area (Å²) in [5, 5.41) is 0.0595. The number of aromatic nitrogens is 3. The number of hydrogen-bond acceptors (Lipinski definition) is 4. The number of nitrogens with zero attached hydrogens (tertiary/aromatic N) is 2. The van der Waals surface area contributed by atoms with Gasteiger partial charge in [-0.2, -0.15) is 0 Å². The molecule has 0 bridgehead atoms. The molecule has 90 valence electrons. The molecule has 7 heteroatoms. The maximum Gasteiger partial charge on any atom is 0.257 e. The Balaban J connectivity index is 2.12. The van der Waals surface area contributed by atoms with Gasteiger partial charge in [-0.05, 0) is 24.1 Å². The second-order valence-electron chi connectivity index (χ2n) is 3.54. The zero-order chi connectivity index (χ0) is 12.3. The van der Waals surface area contributed by atoms with Crippen LogP contribution in [0.1, 0.15) is 11.1 Å². The Labute approximate surface area is 99.2 Å². The molecule has 0 aliphatic rings. The molecule has 2 aromatic rings. The Morgan fingerprint density at radius 2 is 2.18 bits per heavy atom. The largest absolute Gasteiger partial charge is 0.335 e. The minimum Gasteiger partial charge on any atom is -0.335 e. The van der Waals surface area contributed by atoms with Crippen molar-refractivity contribution in [2.75, 3.05) is 0 Å². The highest BCUT2D eigenvalue weighted by molar-refractivity contribution is 7.89. The van der Waals surface area contributed by atoms with Crippen LogP contribution in [0.2, 0.25) is 0 Å². The normalized spacial score (nSPS) is 11.6. The van der Waals surface area contributed by atoms with E-state index in [1.165, 1.54) is 12.5 Å². The average molecular weight is 252 g/mol. The van der Waals surface area contributed by atoms with Crippen LogP contribution in [0.25, 0.3) is 0 Å². The number of imidazole rings is 1. The summed E-state index contributed by atoms with van der Waals surface area (Å²) in [5.41, 5.74) is 1.84. The first-order chi connectivity index (χ1) is 8.09.